The molecule has 4 nitrogen and oxygen atoms in total. The second-order valence-electron chi connectivity index (χ2n) is 4.10. The van der Waals surface area contributed by atoms with Crippen molar-refractivity contribution in [1.29, 1.82) is 0 Å². The van der Waals surface area contributed by atoms with Crippen LogP contribution in [-0.2, 0) is 9.59 Å². The summed E-state index contributed by atoms with van der Waals surface area (Å²) in [5.74, 6) is 2.19. The highest BCUT2D eigenvalue weighted by atomic mass is 32.1. The van der Waals surface area contributed by atoms with Crippen molar-refractivity contribution >= 4 is 35.0 Å². The minimum Gasteiger partial charge on any atom is -0.481 e. The van der Waals surface area contributed by atoms with Gasteiger partial charge in [0.15, 0.2) is 5.78 Å². The minimum atomic E-state index is -0.471. The molecule has 0 bridgehead atoms. The molecule has 1 heterocycles. The normalized spacial score (nSPS) is 16.8. The van der Waals surface area contributed by atoms with Crippen molar-refractivity contribution in [2.45, 2.75) is 6.42 Å². The third kappa shape index (κ3) is 3.31. The lowest BCUT2D eigenvalue weighted by Crippen LogP contribution is -2.39. The number of amides is 1. The predicted molar refractivity (Wildman–Crippen MR) is 79.1 cm³/mol. The average Bonchev–Trinajstić information content (AvgIpc) is 2.41. The molecule has 1 aromatic rings. The first kappa shape index (κ1) is 14.0. The SMILES string of the molecule is C#CCOc1cccc(/C=C2\C(=O)CC(=S)NC2=O)c1. The molecule has 0 aromatic heterocycles. The molecule has 1 aliphatic rings. The summed E-state index contributed by atoms with van der Waals surface area (Å²) < 4.78 is 5.28. The summed E-state index contributed by atoms with van der Waals surface area (Å²) in [6.45, 7) is 0.160. The maximum absolute atomic E-state index is 11.8. The monoisotopic (exact) mass is 285 g/mol. The molecule has 1 N–H and O–H groups in total. The highest BCUT2D eigenvalue weighted by Crippen LogP contribution is 2.18. The Labute approximate surface area is 121 Å². The van der Waals surface area contributed by atoms with Gasteiger partial charge in [-0.15, -0.1) is 6.42 Å². The molecule has 1 fully saturated rings. The van der Waals surface area contributed by atoms with E-state index in [9.17, 15) is 9.59 Å². The van der Waals surface area contributed by atoms with Crippen LogP contribution in [0.15, 0.2) is 29.8 Å². The molecular formula is C15H11NO3S. The number of ketones is 1. The second-order valence-corrected chi connectivity index (χ2v) is 4.59. The van der Waals surface area contributed by atoms with E-state index in [-0.39, 0.29) is 29.4 Å². The number of thiocarbonyl (C=S) groups is 1. The van der Waals surface area contributed by atoms with E-state index in [2.05, 4.69) is 11.2 Å². The lowest BCUT2D eigenvalue weighted by molar-refractivity contribution is -0.122. The maximum atomic E-state index is 11.8. The first-order valence-corrected chi connectivity index (χ1v) is 6.26. The van der Waals surface area contributed by atoms with Crippen LogP contribution in [-0.4, -0.2) is 23.3 Å². The molecule has 5 heteroatoms. The third-order valence-electron chi connectivity index (χ3n) is 2.61. The Morgan fingerprint density at radius 1 is 1.45 bits per heavy atom. The van der Waals surface area contributed by atoms with Crippen molar-refractivity contribution in [3.05, 3.63) is 35.4 Å². The number of carbonyl (C=O) groups is 2. The zero-order valence-corrected chi connectivity index (χ0v) is 11.3. The molecule has 100 valence electrons. The van der Waals surface area contributed by atoms with Crippen molar-refractivity contribution < 1.29 is 14.3 Å². The molecule has 0 aliphatic carbocycles. The molecule has 2 rings (SSSR count). The van der Waals surface area contributed by atoms with Crippen molar-refractivity contribution in [3.63, 3.8) is 0 Å². The van der Waals surface area contributed by atoms with Crippen LogP contribution in [0.3, 0.4) is 0 Å². The van der Waals surface area contributed by atoms with Crippen LogP contribution < -0.4 is 10.1 Å². The summed E-state index contributed by atoms with van der Waals surface area (Å²) in [4.78, 5) is 23.8. The third-order valence-corrected chi connectivity index (χ3v) is 2.86. The van der Waals surface area contributed by atoms with Gasteiger partial charge in [-0.05, 0) is 23.8 Å². The van der Waals surface area contributed by atoms with Gasteiger partial charge in [-0.2, -0.15) is 0 Å². The van der Waals surface area contributed by atoms with Gasteiger partial charge >= 0.3 is 0 Å². The Morgan fingerprint density at radius 2 is 2.25 bits per heavy atom. The number of hydrogen-bond donors (Lipinski definition) is 1. The zero-order chi connectivity index (χ0) is 14.5. The Hall–Kier alpha value is -2.45. The molecule has 20 heavy (non-hydrogen) atoms. The van der Waals surface area contributed by atoms with Crippen molar-refractivity contribution in [1.82, 2.24) is 5.32 Å². The number of ether oxygens (including phenoxy) is 1. The highest BCUT2D eigenvalue weighted by Gasteiger charge is 2.25. The van der Waals surface area contributed by atoms with Gasteiger partial charge in [0, 0.05) is 0 Å². The van der Waals surface area contributed by atoms with Crippen LogP contribution >= 0.6 is 12.2 Å². The topological polar surface area (TPSA) is 55.4 Å². The van der Waals surface area contributed by atoms with E-state index in [1.165, 1.54) is 6.08 Å². The summed E-state index contributed by atoms with van der Waals surface area (Å²) in [7, 11) is 0. The first-order valence-electron chi connectivity index (χ1n) is 5.85. The van der Waals surface area contributed by atoms with Gasteiger partial charge in [-0.25, -0.2) is 0 Å². The van der Waals surface area contributed by atoms with Gasteiger partial charge in [0.1, 0.15) is 12.4 Å². The Morgan fingerprint density at radius 3 is 2.95 bits per heavy atom. The van der Waals surface area contributed by atoms with Gasteiger partial charge in [-0.1, -0.05) is 30.3 Å². The molecule has 1 saturated heterocycles. The predicted octanol–water partition coefficient (Wildman–Crippen LogP) is 1.50. The molecule has 0 unspecified atom stereocenters. The van der Waals surface area contributed by atoms with E-state index >= 15 is 0 Å². The van der Waals surface area contributed by atoms with E-state index in [0.29, 0.717) is 11.3 Å². The number of carbonyl (C=O) groups excluding carboxylic acids is 2. The molecular weight excluding hydrogens is 274 g/mol. The lowest BCUT2D eigenvalue weighted by atomic mass is 10.0. The quantitative estimate of drug-likeness (QED) is 0.396. The van der Waals surface area contributed by atoms with E-state index in [4.69, 9.17) is 23.4 Å². The number of piperidine rings is 1. The number of nitrogens with one attached hydrogen (secondary N) is 1. The smallest absolute Gasteiger partial charge is 0.259 e. The van der Waals surface area contributed by atoms with Gasteiger partial charge < -0.3 is 10.1 Å². The fraction of sp³-hybridized carbons (Fsp3) is 0.133. The van der Waals surface area contributed by atoms with E-state index in [1.54, 1.807) is 24.3 Å². The van der Waals surface area contributed by atoms with Crippen LogP contribution in [0.4, 0.5) is 0 Å². The van der Waals surface area contributed by atoms with E-state index in [1.807, 2.05) is 0 Å². The van der Waals surface area contributed by atoms with Gasteiger partial charge in [0.2, 0.25) is 0 Å². The summed E-state index contributed by atoms with van der Waals surface area (Å²) in [5.41, 5.74) is 0.776. The minimum absolute atomic E-state index is 0.0557. The molecule has 1 amide bonds. The fourth-order valence-electron chi connectivity index (χ4n) is 1.74. The summed E-state index contributed by atoms with van der Waals surface area (Å²) in [5, 5.41) is 2.47. The molecule has 0 saturated carbocycles. The summed E-state index contributed by atoms with van der Waals surface area (Å²) in [6, 6.07) is 6.98. The summed E-state index contributed by atoms with van der Waals surface area (Å²) >= 11 is 4.83. The molecule has 0 spiro atoms. The Kier molecular flexibility index (Phi) is 4.28. The van der Waals surface area contributed by atoms with Crippen LogP contribution in [0.2, 0.25) is 0 Å². The Bertz CT molecular complexity index is 633. The van der Waals surface area contributed by atoms with Crippen LogP contribution in [0, 0.1) is 12.3 Å². The van der Waals surface area contributed by atoms with Crippen LogP contribution in [0.5, 0.6) is 5.75 Å². The number of terminal acetylenes is 1. The largest absolute Gasteiger partial charge is 0.481 e. The summed E-state index contributed by atoms with van der Waals surface area (Å²) in [6.07, 6.45) is 6.69. The van der Waals surface area contributed by atoms with Crippen molar-refractivity contribution in [2.24, 2.45) is 0 Å². The number of benzene rings is 1. The molecule has 0 radical (unpaired) electrons. The number of rotatable bonds is 3. The Balaban J connectivity index is 2.26. The van der Waals surface area contributed by atoms with Crippen LogP contribution in [0.25, 0.3) is 6.08 Å². The number of hydrogen-bond acceptors (Lipinski definition) is 4. The lowest BCUT2D eigenvalue weighted by Gasteiger charge is -2.14. The zero-order valence-electron chi connectivity index (χ0n) is 10.5. The fourth-order valence-corrected chi connectivity index (χ4v) is 1.96. The van der Waals surface area contributed by atoms with Gasteiger partial charge in [-0.3, -0.25) is 9.59 Å². The van der Waals surface area contributed by atoms with Gasteiger partial charge in [0.05, 0.1) is 17.0 Å². The molecule has 1 aromatic carbocycles. The highest BCUT2D eigenvalue weighted by molar-refractivity contribution is 7.80. The molecule has 0 atom stereocenters. The first-order chi connectivity index (χ1) is 9.60. The van der Waals surface area contributed by atoms with Crippen molar-refractivity contribution in [2.75, 3.05) is 6.61 Å². The standard InChI is InChI=1S/C15H11NO3S/c1-2-6-19-11-5-3-4-10(7-11)8-12-13(17)9-14(20)16-15(12)18/h1,3-5,7-8H,6,9H2,(H,16,18,20)/b12-8+. The number of Topliss-reactive ketones (excluding diaryl/α,β-unsaturated/α-hetero) is 1. The van der Waals surface area contributed by atoms with Crippen LogP contribution in [0.1, 0.15) is 12.0 Å². The van der Waals surface area contributed by atoms with E-state index < -0.39 is 5.91 Å². The maximum Gasteiger partial charge on any atom is 0.259 e. The van der Waals surface area contributed by atoms with Gasteiger partial charge in [0.25, 0.3) is 5.91 Å². The molecule has 1 aliphatic heterocycles. The second kappa shape index (κ2) is 6.13. The van der Waals surface area contributed by atoms with Crippen molar-refractivity contribution in [3.8, 4) is 18.1 Å². The van der Waals surface area contributed by atoms with E-state index in [0.717, 1.165) is 0 Å². The average molecular weight is 285 g/mol.